The molecule has 0 N–H and O–H groups in total. The lowest BCUT2D eigenvalue weighted by molar-refractivity contribution is 0.335. The first kappa shape index (κ1) is 15.0. The Bertz CT molecular complexity index is 522. The van der Waals surface area contributed by atoms with E-state index >= 15 is 0 Å². The van der Waals surface area contributed by atoms with Gasteiger partial charge in [-0.25, -0.2) is 8.42 Å². The van der Waals surface area contributed by atoms with Gasteiger partial charge in [-0.1, -0.05) is 37.8 Å². The third kappa shape index (κ3) is 3.38. The second kappa shape index (κ2) is 6.37. The fraction of sp³-hybridized carbons (Fsp3) is 0.571. The Labute approximate surface area is 124 Å². The molecular formula is C14H20BrNO2S. The Morgan fingerprint density at radius 3 is 2.26 bits per heavy atom. The predicted octanol–water partition coefficient (Wildman–Crippen LogP) is 3.79. The van der Waals surface area contributed by atoms with Crippen molar-refractivity contribution in [2.24, 2.45) is 0 Å². The van der Waals surface area contributed by atoms with Crippen molar-refractivity contribution in [3.8, 4) is 0 Å². The van der Waals surface area contributed by atoms with Gasteiger partial charge in [0.25, 0.3) is 0 Å². The summed E-state index contributed by atoms with van der Waals surface area (Å²) >= 11 is 3.33. The van der Waals surface area contributed by atoms with E-state index in [2.05, 4.69) is 15.9 Å². The number of nitrogens with zero attached hydrogens (tertiary/aromatic N) is 1. The van der Waals surface area contributed by atoms with E-state index in [1.807, 2.05) is 6.07 Å². The van der Waals surface area contributed by atoms with Gasteiger partial charge < -0.3 is 0 Å². The number of rotatable bonds is 3. The molecule has 1 aliphatic carbocycles. The van der Waals surface area contributed by atoms with Crippen molar-refractivity contribution in [1.82, 2.24) is 4.31 Å². The first-order valence-corrected chi connectivity index (χ1v) is 8.99. The largest absolute Gasteiger partial charge is 0.244 e. The van der Waals surface area contributed by atoms with Gasteiger partial charge >= 0.3 is 0 Å². The number of halogens is 1. The molecule has 0 saturated heterocycles. The summed E-state index contributed by atoms with van der Waals surface area (Å²) in [6.07, 6.45) is 6.64. The van der Waals surface area contributed by atoms with Gasteiger partial charge in [0.15, 0.2) is 0 Å². The second-order valence-corrected chi connectivity index (χ2v) is 7.92. The minimum Gasteiger partial charge on any atom is -0.207 e. The van der Waals surface area contributed by atoms with Gasteiger partial charge in [0.1, 0.15) is 0 Å². The summed E-state index contributed by atoms with van der Waals surface area (Å²) in [5.41, 5.74) is 0. The average Bonchev–Trinajstić information content (AvgIpc) is 2.67. The number of sulfonamides is 1. The van der Waals surface area contributed by atoms with Crippen LogP contribution in [0.15, 0.2) is 33.6 Å². The van der Waals surface area contributed by atoms with Gasteiger partial charge in [-0.05, 0) is 40.9 Å². The molecule has 1 aliphatic rings. The van der Waals surface area contributed by atoms with Gasteiger partial charge in [0, 0.05) is 17.6 Å². The zero-order chi connectivity index (χ0) is 13.9. The molecule has 3 nitrogen and oxygen atoms in total. The van der Waals surface area contributed by atoms with E-state index in [-0.39, 0.29) is 6.04 Å². The van der Waals surface area contributed by atoms with Gasteiger partial charge in [-0.3, -0.25) is 0 Å². The highest BCUT2D eigenvalue weighted by molar-refractivity contribution is 9.10. The Balaban J connectivity index is 2.26. The molecule has 106 valence electrons. The van der Waals surface area contributed by atoms with E-state index in [1.54, 1.807) is 29.6 Å². The maximum absolute atomic E-state index is 12.7. The highest BCUT2D eigenvalue weighted by Crippen LogP contribution is 2.29. The van der Waals surface area contributed by atoms with Crippen molar-refractivity contribution < 1.29 is 8.42 Å². The maximum Gasteiger partial charge on any atom is 0.244 e. The number of benzene rings is 1. The molecule has 2 rings (SSSR count). The summed E-state index contributed by atoms with van der Waals surface area (Å²) in [7, 11) is -1.69. The molecule has 0 aromatic heterocycles. The van der Waals surface area contributed by atoms with Crippen LogP contribution in [0, 0.1) is 0 Å². The van der Waals surface area contributed by atoms with Crippen LogP contribution in [0.1, 0.15) is 38.5 Å². The standard InChI is InChI=1S/C14H20BrNO2S/c1-16(12-8-4-2-3-5-9-12)19(17,18)14-11-7-6-10-13(14)15/h6-7,10-12H,2-5,8-9H2,1H3. The molecule has 1 aromatic carbocycles. The first-order valence-electron chi connectivity index (χ1n) is 6.76. The Kier molecular flexibility index (Phi) is 5.03. The average molecular weight is 346 g/mol. The van der Waals surface area contributed by atoms with E-state index in [9.17, 15) is 8.42 Å². The van der Waals surface area contributed by atoms with Crippen LogP contribution in [-0.4, -0.2) is 25.8 Å². The lowest BCUT2D eigenvalue weighted by Crippen LogP contribution is -2.36. The van der Waals surface area contributed by atoms with Crippen molar-refractivity contribution in [1.29, 1.82) is 0 Å². The van der Waals surface area contributed by atoms with Crippen molar-refractivity contribution in [2.45, 2.75) is 49.5 Å². The molecular weight excluding hydrogens is 326 g/mol. The van der Waals surface area contributed by atoms with Crippen LogP contribution >= 0.6 is 15.9 Å². The van der Waals surface area contributed by atoms with Crippen LogP contribution in [0.25, 0.3) is 0 Å². The van der Waals surface area contributed by atoms with E-state index in [0.29, 0.717) is 9.37 Å². The normalized spacial score (nSPS) is 18.5. The lowest BCUT2D eigenvalue weighted by Gasteiger charge is -2.26. The van der Waals surface area contributed by atoms with Crippen LogP contribution in [0.3, 0.4) is 0 Å². The predicted molar refractivity (Wildman–Crippen MR) is 80.6 cm³/mol. The fourth-order valence-corrected chi connectivity index (χ4v) is 5.00. The lowest BCUT2D eigenvalue weighted by atomic mass is 10.1. The highest BCUT2D eigenvalue weighted by Gasteiger charge is 2.29. The van der Waals surface area contributed by atoms with Gasteiger partial charge in [0.05, 0.1) is 4.90 Å². The summed E-state index contributed by atoms with van der Waals surface area (Å²) in [5, 5.41) is 0. The molecule has 0 radical (unpaired) electrons. The topological polar surface area (TPSA) is 37.4 Å². The fourth-order valence-electron chi connectivity index (χ4n) is 2.63. The smallest absolute Gasteiger partial charge is 0.207 e. The number of hydrogen-bond acceptors (Lipinski definition) is 2. The van der Waals surface area contributed by atoms with E-state index in [4.69, 9.17) is 0 Å². The molecule has 0 bridgehead atoms. The van der Waals surface area contributed by atoms with Crippen molar-refractivity contribution in [3.05, 3.63) is 28.7 Å². The molecule has 5 heteroatoms. The molecule has 1 fully saturated rings. The zero-order valence-electron chi connectivity index (χ0n) is 11.2. The summed E-state index contributed by atoms with van der Waals surface area (Å²) < 4.78 is 27.5. The van der Waals surface area contributed by atoms with E-state index < -0.39 is 10.0 Å². The SMILES string of the molecule is CN(C1CCCCCC1)S(=O)(=O)c1ccccc1Br. The van der Waals surface area contributed by atoms with Crippen LogP contribution in [-0.2, 0) is 10.0 Å². The van der Waals surface area contributed by atoms with Crippen LogP contribution < -0.4 is 0 Å². The Morgan fingerprint density at radius 1 is 1.11 bits per heavy atom. The van der Waals surface area contributed by atoms with Crippen LogP contribution in [0.5, 0.6) is 0 Å². The van der Waals surface area contributed by atoms with Gasteiger partial charge in [0.2, 0.25) is 10.0 Å². The molecule has 0 aliphatic heterocycles. The molecule has 0 atom stereocenters. The summed E-state index contributed by atoms with van der Waals surface area (Å²) in [6.45, 7) is 0. The van der Waals surface area contributed by atoms with Crippen molar-refractivity contribution >= 4 is 26.0 Å². The van der Waals surface area contributed by atoms with Crippen molar-refractivity contribution in [3.63, 3.8) is 0 Å². The van der Waals surface area contributed by atoms with Gasteiger partial charge in [-0.15, -0.1) is 0 Å². The van der Waals surface area contributed by atoms with Crippen molar-refractivity contribution in [2.75, 3.05) is 7.05 Å². The first-order chi connectivity index (χ1) is 9.03. The van der Waals surface area contributed by atoms with Crippen LogP contribution in [0.2, 0.25) is 0 Å². The second-order valence-electron chi connectivity index (χ2n) is 5.10. The summed E-state index contributed by atoms with van der Waals surface area (Å²) in [6, 6.07) is 7.16. The molecule has 19 heavy (non-hydrogen) atoms. The maximum atomic E-state index is 12.7. The third-order valence-corrected chi connectivity index (χ3v) is 6.75. The van der Waals surface area contributed by atoms with E-state index in [0.717, 1.165) is 25.7 Å². The molecule has 0 unspecified atom stereocenters. The number of hydrogen-bond donors (Lipinski definition) is 0. The van der Waals surface area contributed by atoms with Gasteiger partial charge in [-0.2, -0.15) is 4.31 Å². The Morgan fingerprint density at radius 2 is 1.68 bits per heavy atom. The highest BCUT2D eigenvalue weighted by atomic mass is 79.9. The zero-order valence-corrected chi connectivity index (χ0v) is 13.6. The summed E-state index contributed by atoms with van der Waals surface area (Å²) in [5.74, 6) is 0. The molecule has 1 saturated carbocycles. The molecule has 0 spiro atoms. The molecule has 1 aromatic rings. The Hall–Kier alpha value is -0.390. The quantitative estimate of drug-likeness (QED) is 0.781. The minimum atomic E-state index is -3.40. The van der Waals surface area contributed by atoms with E-state index in [1.165, 1.54) is 12.8 Å². The summed E-state index contributed by atoms with van der Waals surface area (Å²) in [4.78, 5) is 0.363. The monoisotopic (exact) mass is 345 g/mol. The molecule has 0 heterocycles. The minimum absolute atomic E-state index is 0.139. The van der Waals surface area contributed by atoms with Crippen LogP contribution in [0.4, 0.5) is 0 Å². The third-order valence-electron chi connectivity index (χ3n) is 3.83. The molecule has 0 amide bonds.